The Kier molecular flexibility index (Phi) is 3.76. The number of carbonyl (C=O) groups excluding carboxylic acids is 1. The van der Waals surface area contributed by atoms with E-state index < -0.39 is 0 Å². The van der Waals surface area contributed by atoms with Crippen LogP contribution in [0.15, 0.2) is 30.3 Å². The molecule has 0 fully saturated rings. The van der Waals surface area contributed by atoms with Crippen LogP contribution in [0.4, 0.5) is 0 Å². The van der Waals surface area contributed by atoms with Crippen molar-refractivity contribution in [2.24, 2.45) is 0 Å². The summed E-state index contributed by atoms with van der Waals surface area (Å²) < 4.78 is 0. The van der Waals surface area contributed by atoms with E-state index in [-0.39, 0.29) is 5.75 Å². The van der Waals surface area contributed by atoms with Crippen molar-refractivity contribution in [1.29, 1.82) is 0 Å². The molecule has 0 aliphatic heterocycles. The zero-order chi connectivity index (χ0) is 9.52. The third kappa shape index (κ3) is 3.11. The minimum Gasteiger partial charge on any atom is -0.507 e. The van der Waals surface area contributed by atoms with Crippen LogP contribution in [0.1, 0.15) is 18.4 Å². The minimum atomic E-state index is 0.258. The molecule has 1 rings (SSSR count). The molecule has 0 saturated carbocycles. The van der Waals surface area contributed by atoms with Crippen LogP contribution in [0.3, 0.4) is 0 Å². The van der Waals surface area contributed by atoms with Crippen molar-refractivity contribution in [2.45, 2.75) is 12.8 Å². The fourth-order valence-electron chi connectivity index (χ4n) is 0.981. The molecule has 2 heteroatoms. The van der Waals surface area contributed by atoms with Gasteiger partial charge in [0.1, 0.15) is 5.75 Å². The van der Waals surface area contributed by atoms with Gasteiger partial charge in [-0.25, -0.2) is 0 Å². The highest BCUT2D eigenvalue weighted by Crippen LogP contribution is 2.17. The molecular formula is C11H11O2. The summed E-state index contributed by atoms with van der Waals surface area (Å²) in [6.07, 6.45) is 6.52. The summed E-state index contributed by atoms with van der Waals surface area (Å²) in [7, 11) is 0. The Balaban J connectivity index is 2.58. The lowest BCUT2D eigenvalue weighted by molar-refractivity contribution is 0.474. The third-order valence-electron chi connectivity index (χ3n) is 1.65. The molecule has 0 aliphatic rings. The molecule has 0 heterocycles. The second-order valence-electron chi connectivity index (χ2n) is 2.64. The van der Waals surface area contributed by atoms with Gasteiger partial charge in [0.15, 0.2) is 6.29 Å². The van der Waals surface area contributed by atoms with E-state index in [0.717, 1.165) is 5.56 Å². The van der Waals surface area contributed by atoms with E-state index in [4.69, 9.17) is 0 Å². The fraction of sp³-hybridized carbons (Fsp3) is 0.182. The maximum Gasteiger partial charge on any atom is 0.198 e. The number of phenolic OH excluding ortho intramolecular Hbond substituents is 1. The summed E-state index contributed by atoms with van der Waals surface area (Å²) >= 11 is 0. The first-order valence-electron chi connectivity index (χ1n) is 4.14. The second-order valence-corrected chi connectivity index (χ2v) is 2.64. The summed E-state index contributed by atoms with van der Waals surface area (Å²) in [6, 6.07) is 7.07. The van der Waals surface area contributed by atoms with Crippen molar-refractivity contribution in [1.82, 2.24) is 0 Å². The number of benzene rings is 1. The molecular weight excluding hydrogens is 164 g/mol. The van der Waals surface area contributed by atoms with Crippen molar-refractivity contribution in [3.63, 3.8) is 0 Å². The first-order valence-corrected chi connectivity index (χ1v) is 4.14. The van der Waals surface area contributed by atoms with Crippen LogP contribution in [0.25, 0.3) is 6.08 Å². The molecule has 0 aromatic heterocycles. The molecule has 0 unspecified atom stereocenters. The standard InChI is InChI=1S/C11H11O2/c12-9-5-1-2-6-10-7-3-4-8-11(10)13/h2-4,6-8,13H,1,5H2/b6-2+. The van der Waals surface area contributed by atoms with Gasteiger partial charge in [0.2, 0.25) is 0 Å². The highest BCUT2D eigenvalue weighted by atomic mass is 16.3. The second kappa shape index (κ2) is 5.14. The molecule has 2 nitrogen and oxygen atoms in total. The van der Waals surface area contributed by atoms with E-state index in [1.165, 1.54) is 0 Å². The smallest absolute Gasteiger partial charge is 0.198 e. The number of para-hydroxylation sites is 1. The normalized spacial score (nSPS) is 10.5. The quantitative estimate of drug-likeness (QED) is 0.713. The number of hydrogen-bond donors (Lipinski definition) is 1. The Hall–Kier alpha value is -1.57. The molecule has 1 aromatic carbocycles. The Bertz CT molecular complexity index is 303. The topological polar surface area (TPSA) is 37.3 Å². The highest BCUT2D eigenvalue weighted by Gasteiger charge is 1.92. The third-order valence-corrected chi connectivity index (χ3v) is 1.65. The van der Waals surface area contributed by atoms with Gasteiger partial charge in [0.05, 0.1) is 0 Å². The van der Waals surface area contributed by atoms with Crippen molar-refractivity contribution in [2.75, 3.05) is 0 Å². The summed E-state index contributed by atoms with van der Waals surface area (Å²) in [4.78, 5) is 9.87. The molecule has 0 aliphatic carbocycles. The van der Waals surface area contributed by atoms with Gasteiger partial charge in [-0.3, -0.25) is 4.79 Å². The predicted molar refractivity (Wildman–Crippen MR) is 52.1 cm³/mol. The van der Waals surface area contributed by atoms with Crippen molar-refractivity contribution < 1.29 is 9.90 Å². The molecule has 0 spiro atoms. The summed E-state index contributed by atoms with van der Waals surface area (Å²) in [5.74, 6) is 0.258. The van der Waals surface area contributed by atoms with Crippen molar-refractivity contribution in [3.8, 4) is 5.75 Å². The largest absolute Gasteiger partial charge is 0.507 e. The number of hydrogen-bond acceptors (Lipinski definition) is 2. The van der Waals surface area contributed by atoms with Crippen LogP contribution in [0.5, 0.6) is 5.75 Å². The highest BCUT2D eigenvalue weighted by molar-refractivity contribution is 5.57. The van der Waals surface area contributed by atoms with Gasteiger partial charge >= 0.3 is 0 Å². The molecule has 13 heavy (non-hydrogen) atoms. The van der Waals surface area contributed by atoms with Gasteiger partial charge in [-0.1, -0.05) is 30.4 Å². The zero-order valence-electron chi connectivity index (χ0n) is 7.23. The molecule has 1 radical (unpaired) electrons. The Labute approximate surface area is 77.5 Å². The maximum atomic E-state index is 9.87. The Morgan fingerprint density at radius 1 is 1.38 bits per heavy atom. The van der Waals surface area contributed by atoms with Gasteiger partial charge in [-0.05, 0) is 12.5 Å². The first-order chi connectivity index (χ1) is 6.34. The Morgan fingerprint density at radius 3 is 2.85 bits per heavy atom. The zero-order valence-corrected chi connectivity index (χ0v) is 7.23. The number of allylic oxidation sites excluding steroid dienone is 1. The van der Waals surface area contributed by atoms with Gasteiger partial charge in [0.25, 0.3) is 0 Å². The van der Waals surface area contributed by atoms with Crippen LogP contribution in [0, 0.1) is 0 Å². The summed E-state index contributed by atoms with van der Waals surface area (Å²) in [6.45, 7) is 0. The SMILES string of the molecule is O=[C]CC/C=C/c1ccccc1O. The van der Waals surface area contributed by atoms with Crippen molar-refractivity contribution >= 4 is 12.4 Å². The van der Waals surface area contributed by atoms with Gasteiger partial charge in [-0.15, -0.1) is 0 Å². The number of phenols is 1. The van der Waals surface area contributed by atoms with E-state index in [1.54, 1.807) is 24.5 Å². The maximum absolute atomic E-state index is 9.87. The van der Waals surface area contributed by atoms with E-state index >= 15 is 0 Å². The molecule has 0 atom stereocenters. The molecule has 1 aromatic rings. The van der Waals surface area contributed by atoms with Crippen LogP contribution in [-0.4, -0.2) is 11.4 Å². The fourth-order valence-corrected chi connectivity index (χ4v) is 0.981. The molecule has 1 N–H and O–H groups in total. The van der Waals surface area contributed by atoms with E-state index in [1.807, 2.05) is 18.2 Å². The van der Waals surface area contributed by atoms with E-state index in [0.29, 0.717) is 12.8 Å². The van der Waals surface area contributed by atoms with Crippen LogP contribution in [-0.2, 0) is 4.79 Å². The lowest BCUT2D eigenvalue weighted by atomic mass is 10.1. The molecule has 0 saturated heterocycles. The van der Waals surface area contributed by atoms with Crippen LogP contribution in [0.2, 0.25) is 0 Å². The van der Waals surface area contributed by atoms with E-state index in [2.05, 4.69) is 0 Å². The molecule has 67 valence electrons. The summed E-state index contributed by atoms with van der Waals surface area (Å²) in [5.41, 5.74) is 0.772. The predicted octanol–water partition coefficient (Wildman–Crippen LogP) is 2.30. The number of aromatic hydroxyl groups is 1. The van der Waals surface area contributed by atoms with Gasteiger partial charge < -0.3 is 5.11 Å². The summed E-state index contributed by atoms with van der Waals surface area (Å²) in [5, 5.41) is 9.34. The van der Waals surface area contributed by atoms with Gasteiger partial charge in [-0.2, -0.15) is 0 Å². The number of unbranched alkanes of at least 4 members (excludes halogenated alkanes) is 1. The van der Waals surface area contributed by atoms with E-state index in [9.17, 15) is 9.90 Å². The molecule has 0 bridgehead atoms. The average molecular weight is 175 g/mol. The lowest BCUT2D eigenvalue weighted by Gasteiger charge is -1.95. The molecule has 0 amide bonds. The van der Waals surface area contributed by atoms with Crippen LogP contribution >= 0.6 is 0 Å². The minimum absolute atomic E-state index is 0.258. The van der Waals surface area contributed by atoms with Gasteiger partial charge in [0, 0.05) is 12.0 Å². The number of rotatable bonds is 4. The van der Waals surface area contributed by atoms with Crippen molar-refractivity contribution in [3.05, 3.63) is 35.9 Å². The monoisotopic (exact) mass is 175 g/mol. The Morgan fingerprint density at radius 2 is 2.15 bits per heavy atom. The van der Waals surface area contributed by atoms with Crippen LogP contribution < -0.4 is 0 Å². The first kappa shape index (κ1) is 9.52. The lowest BCUT2D eigenvalue weighted by Crippen LogP contribution is -1.74. The average Bonchev–Trinajstić information content (AvgIpc) is 2.15.